The van der Waals surface area contributed by atoms with Gasteiger partial charge in [-0.3, -0.25) is 4.79 Å². The molecule has 2 aromatic rings. The molecule has 0 radical (unpaired) electrons. The van der Waals surface area contributed by atoms with Gasteiger partial charge in [0, 0.05) is 11.1 Å². The van der Waals surface area contributed by atoms with E-state index in [4.69, 9.17) is 0 Å². The SMILES string of the molecule is Cc1c(O)cccc1N1Cc2ccccc2C1=O. The number of carbonyl (C=O) groups is 1. The van der Waals surface area contributed by atoms with Gasteiger partial charge in [-0.1, -0.05) is 24.3 Å². The molecule has 3 nitrogen and oxygen atoms in total. The van der Waals surface area contributed by atoms with Gasteiger partial charge < -0.3 is 10.0 Å². The van der Waals surface area contributed by atoms with Crippen molar-refractivity contribution in [2.24, 2.45) is 0 Å². The zero-order chi connectivity index (χ0) is 12.7. The van der Waals surface area contributed by atoms with Crippen LogP contribution in [0.25, 0.3) is 0 Å². The average molecular weight is 239 g/mol. The first-order valence-corrected chi connectivity index (χ1v) is 5.87. The standard InChI is InChI=1S/C15H13NO2/c1-10-13(7-4-8-14(10)17)16-9-11-5-2-3-6-12(11)15(16)18/h2-8,17H,9H2,1H3. The van der Waals surface area contributed by atoms with Crippen LogP contribution in [0.4, 0.5) is 5.69 Å². The molecule has 1 heterocycles. The van der Waals surface area contributed by atoms with Crippen LogP contribution in [0.3, 0.4) is 0 Å². The molecule has 18 heavy (non-hydrogen) atoms. The van der Waals surface area contributed by atoms with E-state index in [1.807, 2.05) is 37.3 Å². The highest BCUT2D eigenvalue weighted by Crippen LogP contribution is 2.33. The summed E-state index contributed by atoms with van der Waals surface area (Å²) in [7, 11) is 0. The Morgan fingerprint density at radius 1 is 1.11 bits per heavy atom. The average Bonchev–Trinajstić information content (AvgIpc) is 2.71. The molecule has 0 fully saturated rings. The van der Waals surface area contributed by atoms with E-state index in [2.05, 4.69) is 0 Å². The van der Waals surface area contributed by atoms with Gasteiger partial charge >= 0.3 is 0 Å². The normalized spacial score (nSPS) is 13.8. The second-order valence-electron chi connectivity index (χ2n) is 4.47. The first-order chi connectivity index (χ1) is 8.68. The summed E-state index contributed by atoms with van der Waals surface area (Å²) in [6, 6.07) is 12.9. The summed E-state index contributed by atoms with van der Waals surface area (Å²) in [4.78, 5) is 14.0. The van der Waals surface area contributed by atoms with E-state index in [0.29, 0.717) is 6.54 Å². The molecule has 3 heteroatoms. The van der Waals surface area contributed by atoms with Crippen molar-refractivity contribution >= 4 is 11.6 Å². The fourth-order valence-electron chi connectivity index (χ4n) is 2.35. The van der Waals surface area contributed by atoms with Crippen molar-refractivity contribution in [1.29, 1.82) is 0 Å². The maximum Gasteiger partial charge on any atom is 0.258 e. The number of anilines is 1. The van der Waals surface area contributed by atoms with Crippen molar-refractivity contribution in [2.45, 2.75) is 13.5 Å². The Bertz CT molecular complexity index is 634. The van der Waals surface area contributed by atoms with E-state index < -0.39 is 0 Å². The van der Waals surface area contributed by atoms with Crippen LogP contribution in [0, 0.1) is 6.92 Å². The third-order valence-electron chi connectivity index (χ3n) is 3.39. The number of rotatable bonds is 1. The van der Waals surface area contributed by atoms with Crippen LogP contribution in [0.1, 0.15) is 21.5 Å². The van der Waals surface area contributed by atoms with Crippen molar-refractivity contribution in [3.05, 3.63) is 59.2 Å². The zero-order valence-corrected chi connectivity index (χ0v) is 10.1. The van der Waals surface area contributed by atoms with Crippen molar-refractivity contribution < 1.29 is 9.90 Å². The molecule has 3 rings (SSSR count). The molecule has 0 aliphatic carbocycles. The van der Waals surface area contributed by atoms with Crippen molar-refractivity contribution in [1.82, 2.24) is 0 Å². The summed E-state index contributed by atoms with van der Waals surface area (Å²) in [5.41, 5.74) is 3.29. The van der Waals surface area contributed by atoms with Gasteiger partial charge in [0.2, 0.25) is 0 Å². The first kappa shape index (κ1) is 10.8. The number of hydrogen-bond acceptors (Lipinski definition) is 2. The summed E-state index contributed by atoms with van der Waals surface area (Å²) in [5.74, 6) is 0.218. The topological polar surface area (TPSA) is 40.5 Å². The minimum absolute atomic E-state index is 0.000648. The molecule has 1 aliphatic heterocycles. The highest BCUT2D eigenvalue weighted by atomic mass is 16.3. The summed E-state index contributed by atoms with van der Waals surface area (Å²) < 4.78 is 0. The van der Waals surface area contributed by atoms with Gasteiger partial charge in [-0.25, -0.2) is 0 Å². The van der Waals surface area contributed by atoms with E-state index in [1.165, 1.54) is 0 Å². The summed E-state index contributed by atoms with van der Waals surface area (Å²) in [6.07, 6.45) is 0. The third kappa shape index (κ3) is 1.48. The van der Waals surface area contributed by atoms with Crippen LogP contribution >= 0.6 is 0 Å². The van der Waals surface area contributed by atoms with E-state index in [0.717, 1.165) is 22.4 Å². The molecule has 0 unspecified atom stereocenters. The maximum absolute atomic E-state index is 12.3. The molecule has 0 saturated heterocycles. The third-order valence-corrected chi connectivity index (χ3v) is 3.39. The Morgan fingerprint density at radius 2 is 1.89 bits per heavy atom. The van der Waals surface area contributed by atoms with Crippen LogP contribution in [-0.2, 0) is 6.54 Å². The van der Waals surface area contributed by atoms with Crippen LogP contribution < -0.4 is 4.90 Å². The van der Waals surface area contributed by atoms with E-state index in [1.54, 1.807) is 17.0 Å². The number of hydrogen-bond donors (Lipinski definition) is 1. The summed E-state index contributed by atoms with van der Waals surface area (Å²) >= 11 is 0. The quantitative estimate of drug-likeness (QED) is 0.831. The number of nitrogens with zero attached hydrogens (tertiary/aromatic N) is 1. The monoisotopic (exact) mass is 239 g/mol. The Labute approximate surface area is 105 Å². The molecule has 1 aliphatic rings. The van der Waals surface area contributed by atoms with Crippen LogP contribution in [0.2, 0.25) is 0 Å². The van der Waals surface area contributed by atoms with Gasteiger partial charge in [-0.2, -0.15) is 0 Å². The molecule has 90 valence electrons. The van der Waals surface area contributed by atoms with Gasteiger partial charge in [0.1, 0.15) is 5.75 Å². The van der Waals surface area contributed by atoms with Gasteiger partial charge in [-0.15, -0.1) is 0 Å². The molecule has 1 amide bonds. The lowest BCUT2D eigenvalue weighted by molar-refractivity contribution is 0.0996. The predicted molar refractivity (Wildman–Crippen MR) is 69.8 cm³/mol. The Kier molecular flexibility index (Phi) is 2.33. The molecular formula is C15H13NO2. The molecule has 0 spiro atoms. The predicted octanol–water partition coefficient (Wildman–Crippen LogP) is 2.86. The van der Waals surface area contributed by atoms with Crippen LogP contribution in [0.5, 0.6) is 5.75 Å². The van der Waals surface area contributed by atoms with Gasteiger partial charge in [0.15, 0.2) is 0 Å². The number of benzene rings is 2. The highest BCUT2D eigenvalue weighted by Gasteiger charge is 2.29. The lowest BCUT2D eigenvalue weighted by atomic mass is 10.1. The number of phenolic OH excluding ortho intramolecular Hbond substituents is 1. The maximum atomic E-state index is 12.3. The minimum Gasteiger partial charge on any atom is -0.508 e. The van der Waals surface area contributed by atoms with E-state index in [9.17, 15) is 9.90 Å². The van der Waals surface area contributed by atoms with Crippen molar-refractivity contribution in [2.75, 3.05) is 4.90 Å². The summed E-state index contributed by atoms with van der Waals surface area (Å²) in [6.45, 7) is 2.39. The number of fused-ring (bicyclic) bond motifs is 1. The number of phenols is 1. The van der Waals surface area contributed by atoms with Crippen LogP contribution in [0.15, 0.2) is 42.5 Å². The second kappa shape index (κ2) is 3.88. The first-order valence-electron chi connectivity index (χ1n) is 5.87. The Hall–Kier alpha value is -2.29. The molecule has 1 N–H and O–H groups in total. The largest absolute Gasteiger partial charge is 0.508 e. The van der Waals surface area contributed by atoms with Gasteiger partial charge in [-0.05, 0) is 30.7 Å². The molecule has 0 bridgehead atoms. The molecule has 0 atom stereocenters. The highest BCUT2D eigenvalue weighted by molar-refractivity contribution is 6.10. The fraction of sp³-hybridized carbons (Fsp3) is 0.133. The minimum atomic E-state index is -0.000648. The van der Waals surface area contributed by atoms with Gasteiger partial charge in [0.25, 0.3) is 5.91 Å². The Morgan fingerprint density at radius 3 is 2.67 bits per heavy atom. The smallest absolute Gasteiger partial charge is 0.258 e. The van der Waals surface area contributed by atoms with E-state index in [-0.39, 0.29) is 11.7 Å². The Balaban J connectivity index is 2.07. The molecular weight excluding hydrogens is 226 g/mol. The number of amides is 1. The number of carbonyl (C=O) groups excluding carboxylic acids is 1. The molecule has 2 aromatic carbocycles. The fourth-order valence-corrected chi connectivity index (χ4v) is 2.35. The lowest BCUT2D eigenvalue weighted by Gasteiger charge is -2.18. The van der Waals surface area contributed by atoms with Crippen molar-refractivity contribution in [3.8, 4) is 5.75 Å². The molecule has 0 saturated carbocycles. The van der Waals surface area contributed by atoms with E-state index >= 15 is 0 Å². The second-order valence-corrected chi connectivity index (χ2v) is 4.47. The lowest BCUT2D eigenvalue weighted by Crippen LogP contribution is -2.23. The van der Waals surface area contributed by atoms with Gasteiger partial charge in [0.05, 0.1) is 12.2 Å². The molecule has 0 aromatic heterocycles. The van der Waals surface area contributed by atoms with Crippen molar-refractivity contribution in [3.63, 3.8) is 0 Å². The zero-order valence-electron chi connectivity index (χ0n) is 10.1. The summed E-state index contributed by atoms with van der Waals surface area (Å²) in [5, 5.41) is 9.73. The van der Waals surface area contributed by atoms with Crippen LogP contribution in [-0.4, -0.2) is 11.0 Å². The number of aromatic hydroxyl groups is 1.